The number of Topliss-reactive ketones (excluding diaryl/α,β-unsaturated/α-hetero) is 1. The fraction of sp³-hybridized carbons (Fsp3) is 0.680. The smallest absolute Gasteiger partial charge is 0.408 e. The Morgan fingerprint density at radius 1 is 1.00 bits per heavy atom. The van der Waals surface area contributed by atoms with Crippen molar-refractivity contribution in [3.8, 4) is 0 Å². The Balaban J connectivity index is 0.905. The number of aliphatic hydroxyl groups is 2. The lowest BCUT2D eigenvalue weighted by molar-refractivity contribution is -0.323. The number of amides is 3. The van der Waals surface area contributed by atoms with Crippen LogP contribution in [0.4, 0.5) is 10.5 Å². The quantitative estimate of drug-likeness (QED) is 0.157. The van der Waals surface area contributed by atoms with Crippen LogP contribution < -0.4 is 16.0 Å². The number of ether oxygens (including phenoxy) is 4. The van der Waals surface area contributed by atoms with Crippen LogP contribution in [-0.2, 0) is 49.3 Å². The minimum Gasteiger partial charge on any atom is -0.460 e. The third-order valence-corrected chi connectivity index (χ3v) is 15.8. The highest BCUT2D eigenvalue weighted by Gasteiger charge is 2.80. The highest BCUT2D eigenvalue weighted by atomic mass is 16.7. The minimum absolute atomic E-state index is 0.0200. The zero-order valence-corrected chi connectivity index (χ0v) is 39.0. The van der Waals surface area contributed by atoms with E-state index in [1.54, 1.807) is 59.8 Å². The van der Waals surface area contributed by atoms with Gasteiger partial charge in [-0.1, -0.05) is 37.6 Å². The van der Waals surface area contributed by atoms with Gasteiger partial charge in [0.2, 0.25) is 11.8 Å². The molecule has 1 aliphatic heterocycles. The van der Waals surface area contributed by atoms with Gasteiger partial charge < -0.3 is 45.1 Å². The molecule has 8 aliphatic rings. The van der Waals surface area contributed by atoms with Crippen molar-refractivity contribution in [1.29, 1.82) is 0 Å². The molecule has 1 aromatic carbocycles. The van der Waals surface area contributed by atoms with E-state index < -0.39 is 95.0 Å². The second kappa shape index (κ2) is 16.4. The Hall–Kier alpha value is -4.44. The Kier molecular flexibility index (Phi) is 11.9. The van der Waals surface area contributed by atoms with Crippen LogP contribution in [0.1, 0.15) is 119 Å². The maximum Gasteiger partial charge on any atom is 0.408 e. The van der Waals surface area contributed by atoms with Gasteiger partial charge in [0.15, 0.2) is 23.5 Å². The van der Waals surface area contributed by atoms with E-state index in [1.165, 1.54) is 0 Å². The predicted octanol–water partition coefficient (Wildman–Crippen LogP) is 5.40. The molecule has 65 heavy (non-hydrogen) atoms. The summed E-state index contributed by atoms with van der Waals surface area (Å²) in [4.78, 5) is 77.8. The van der Waals surface area contributed by atoms with Crippen molar-refractivity contribution in [2.45, 2.75) is 161 Å². The lowest BCUT2D eigenvalue weighted by Crippen LogP contribution is -2.69. The van der Waals surface area contributed by atoms with Crippen molar-refractivity contribution < 1.29 is 57.9 Å². The number of allylic oxidation sites excluding steroid dienone is 4. The first-order valence-corrected chi connectivity index (χ1v) is 23.3. The number of ketones is 2. The number of hydrogen-bond acceptors (Lipinski definition) is 12. The van der Waals surface area contributed by atoms with Gasteiger partial charge in [0.25, 0.3) is 0 Å². The molecule has 1 heterocycles. The van der Waals surface area contributed by atoms with Crippen LogP contribution in [0.2, 0.25) is 0 Å². The molecule has 0 aromatic heterocycles. The summed E-state index contributed by atoms with van der Waals surface area (Å²) in [7, 11) is 0. The van der Waals surface area contributed by atoms with Crippen molar-refractivity contribution in [1.82, 2.24) is 10.6 Å². The van der Waals surface area contributed by atoms with E-state index in [0.717, 1.165) is 49.7 Å². The minimum atomic E-state index is -1.38. The second-order valence-corrected chi connectivity index (χ2v) is 22.7. The van der Waals surface area contributed by atoms with Crippen molar-refractivity contribution in [2.24, 2.45) is 39.4 Å². The Morgan fingerprint density at radius 3 is 2.38 bits per heavy atom. The van der Waals surface area contributed by atoms with Gasteiger partial charge in [-0.25, -0.2) is 4.79 Å². The molecule has 0 unspecified atom stereocenters. The van der Waals surface area contributed by atoms with E-state index in [9.17, 15) is 39.0 Å². The molecule has 15 nitrogen and oxygen atoms in total. The second-order valence-electron chi connectivity index (χ2n) is 22.7. The van der Waals surface area contributed by atoms with Gasteiger partial charge in [-0.15, -0.1) is 0 Å². The van der Waals surface area contributed by atoms with Crippen LogP contribution in [0.25, 0.3) is 0 Å². The summed E-state index contributed by atoms with van der Waals surface area (Å²) in [6, 6.07) is 6.40. The summed E-state index contributed by atoms with van der Waals surface area (Å²) in [6.07, 6.45) is 8.09. The number of benzene rings is 1. The van der Waals surface area contributed by atoms with Crippen LogP contribution in [-0.4, -0.2) is 100 Å². The first-order chi connectivity index (χ1) is 30.3. The number of nitrogens with one attached hydrogen (secondary N) is 3. The van der Waals surface area contributed by atoms with Crippen molar-refractivity contribution in [3.05, 3.63) is 53.6 Å². The Morgan fingerprint density at radius 2 is 1.71 bits per heavy atom. The zero-order chi connectivity index (χ0) is 47.1. The van der Waals surface area contributed by atoms with Gasteiger partial charge in [-0.2, -0.15) is 0 Å². The van der Waals surface area contributed by atoms with E-state index in [4.69, 9.17) is 18.9 Å². The van der Waals surface area contributed by atoms with Crippen LogP contribution in [0.3, 0.4) is 0 Å². The number of rotatable bonds is 13. The SMILES string of the molecule is CC(C)(C)OC(=O)CC[C@H](NC(=O)CNC(=O)OC(C)(C)C)C(=O)Nc1cccc(CC23CC([C@@H]4O[C@@H]5C[C@H]6[C@@H]7CCC8=CC(=O)C=C[C@]8(C)[C@H]7[C@@H](O)C[C@]6(C)[C@]5(C(=O)CO)O4)(C2)C3)c1. The monoisotopic (exact) mass is 901 g/mol. The van der Waals surface area contributed by atoms with Gasteiger partial charge in [0.05, 0.1) is 12.2 Å². The standard InChI is InChI=1S/C50H67N3O12/c1-44(2,3)63-39(59)15-14-34(53-38(58)23-51-43(61)65-45(4,5)6)41(60)52-30-11-9-10-28(18-30)21-48-25-49(26-48,27-48)42-62-37-20-33-32-13-12-29-19-31(55)16-17-46(29,7)40(32)35(56)22-47(33,8)50(37,64-42)36(57)24-54/h9-11,16-19,32-35,37,40,42,54,56H,12-15,20-27H2,1-8H3,(H,51,61)(H,52,60)(H,53,58)/t32-,33-,34-,35-,37+,40+,42+,46-,47-,48?,49?,50+/m0/s1. The summed E-state index contributed by atoms with van der Waals surface area (Å²) in [5.74, 6) is -2.12. The predicted molar refractivity (Wildman–Crippen MR) is 237 cm³/mol. The van der Waals surface area contributed by atoms with E-state index in [1.807, 2.05) is 24.3 Å². The maximum atomic E-state index is 14.1. The van der Waals surface area contributed by atoms with E-state index in [-0.39, 0.29) is 47.2 Å². The molecular weight excluding hydrogens is 835 g/mol. The highest BCUT2D eigenvalue weighted by Crippen LogP contribution is 2.79. The third-order valence-electron chi connectivity index (χ3n) is 15.8. The summed E-state index contributed by atoms with van der Waals surface area (Å²) < 4.78 is 24.5. The van der Waals surface area contributed by atoms with Crippen molar-refractivity contribution >= 4 is 41.1 Å². The summed E-state index contributed by atoms with van der Waals surface area (Å²) >= 11 is 0. The number of alkyl carbamates (subject to hydrolysis) is 1. The summed E-state index contributed by atoms with van der Waals surface area (Å²) in [6.45, 7) is 13.4. The van der Waals surface area contributed by atoms with Crippen molar-refractivity contribution in [2.75, 3.05) is 18.5 Å². The molecule has 5 N–H and O–H groups in total. The molecule has 354 valence electrons. The van der Waals surface area contributed by atoms with Crippen LogP contribution in [0.15, 0.2) is 48.1 Å². The van der Waals surface area contributed by atoms with Gasteiger partial charge in [-0.05, 0) is 146 Å². The fourth-order valence-electron chi connectivity index (χ4n) is 13.5. The van der Waals surface area contributed by atoms with E-state index in [2.05, 4.69) is 29.8 Å². The number of anilines is 1. The molecular formula is C50H67N3O12. The number of aliphatic hydroxyl groups excluding tert-OH is 2. The zero-order valence-electron chi connectivity index (χ0n) is 39.0. The van der Waals surface area contributed by atoms with Gasteiger partial charge >= 0.3 is 12.1 Å². The summed E-state index contributed by atoms with van der Waals surface area (Å²) in [5, 5.41) is 30.4. The largest absolute Gasteiger partial charge is 0.460 e. The Bertz CT molecular complexity index is 2180. The average Bonchev–Trinajstić information content (AvgIpc) is 3.67. The lowest BCUT2D eigenvalue weighted by Gasteiger charge is -2.72. The topological polar surface area (TPSA) is 216 Å². The van der Waals surface area contributed by atoms with Gasteiger partial charge in [0, 0.05) is 34.3 Å². The first kappa shape index (κ1) is 47.1. The molecule has 15 heteroatoms. The summed E-state index contributed by atoms with van der Waals surface area (Å²) in [5.41, 5.74) is -1.82. The number of esters is 1. The molecule has 10 atom stereocenters. The molecule has 6 saturated carbocycles. The molecule has 2 bridgehead atoms. The maximum absolute atomic E-state index is 14.1. The number of carbonyl (C=O) groups is 6. The van der Waals surface area contributed by atoms with Crippen LogP contribution in [0.5, 0.6) is 0 Å². The molecule has 9 rings (SSSR count). The van der Waals surface area contributed by atoms with E-state index >= 15 is 0 Å². The molecule has 7 aliphatic carbocycles. The van der Waals surface area contributed by atoms with Gasteiger partial charge in [-0.3, -0.25) is 24.0 Å². The fourth-order valence-corrected chi connectivity index (χ4v) is 13.5. The van der Waals surface area contributed by atoms with Crippen LogP contribution >= 0.6 is 0 Å². The third kappa shape index (κ3) is 8.48. The highest BCUT2D eigenvalue weighted by molar-refractivity contribution is 6.01. The molecule has 1 saturated heterocycles. The lowest BCUT2D eigenvalue weighted by atomic mass is 9.33. The number of fused-ring (bicyclic) bond motifs is 7. The Labute approximate surface area is 381 Å². The average molecular weight is 902 g/mol. The molecule has 0 radical (unpaired) electrons. The van der Waals surface area contributed by atoms with Crippen molar-refractivity contribution in [3.63, 3.8) is 0 Å². The van der Waals surface area contributed by atoms with Crippen LogP contribution in [0, 0.1) is 39.4 Å². The number of hydrogen-bond donors (Lipinski definition) is 5. The molecule has 3 amide bonds. The molecule has 0 spiro atoms. The molecule has 1 aromatic rings. The number of carbonyl (C=O) groups excluding carboxylic acids is 6. The molecule has 7 fully saturated rings. The van der Waals surface area contributed by atoms with Gasteiger partial charge in [0.1, 0.15) is 30.4 Å². The first-order valence-electron chi connectivity index (χ1n) is 23.3. The van der Waals surface area contributed by atoms with E-state index in [0.29, 0.717) is 18.5 Å². The normalized spacial score (nSPS) is 36.8.